The lowest BCUT2D eigenvalue weighted by atomic mass is 9.98. The predicted octanol–water partition coefficient (Wildman–Crippen LogP) is 2.29. The van der Waals surface area contributed by atoms with E-state index in [9.17, 15) is 9.59 Å². The van der Waals surface area contributed by atoms with Crippen molar-refractivity contribution in [3.63, 3.8) is 0 Å². The molecule has 1 heterocycles. The zero-order valence-corrected chi connectivity index (χ0v) is 12.7. The van der Waals surface area contributed by atoms with Gasteiger partial charge in [0.05, 0.1) is 5.60 Å². The molecule has 0 fully saturated rings. The molecule has 1 aliphatic heterocycles. The number of imide groups is 1. The van der Waals surface area contributed by atoms with Gasteiger partial charge in [-0.2, -0.15) is 0 Å². The second kappa shape index (κ2) is 6.23. The summed E-state index contributed by atoms with van der Waals surface area (Å²) in [6.07, 6.45) is 9.91. The van der Waals surface area contributed by atoms with Crippen molar-refractivity contribution in [2.45, 2.75) is 58.1 Å². The van der Waals surface area contributed by atoms with E-state index in [1.54, 1.807) is 0 Å². The number of nitrogens with zero attached hydrogens (tertiary/aromatic N) is 1. The topological polar surface area (TPSA) is 46.6 Å². The minimum absolute atomic E-state index is 0.258. The molecule has 0 unspecified atom stereocenters. The van der Waals surface area contributed by atoms with Crippen LogP contribution in [0.2, 0.25) is 0 Å². The summed E-state index contributed by atoms with van der Waals surface area (Å²) in [6, 6.07) is 0. The van der Waals surface area contributed by atoms with Crippen molar-refractivity contribution in [2.75, 3.05) is 6.61 Å². The molecular weight excluding hydrogens is 254 g/mol. The average Bonchev–Trinajstić information content (AvgIpc) is 2.66. The Morgan fingerprint density at radius 2 is 1.70 bits per heavy atom. The predicted molar refractivity (Wildman–Crippen MR) is 77.8 cm³/mol. The number of hydrogen-bond acceptors (Lipinski definition) is 3. The van der Waals surface area contributed by atoms with E-state index in [0.717, 1.165) is 6.42 Å². The molecule has 0 aliphatic carbocycles. The molecule has 2 amide bonds. The van der Waals surface area contributed by atoms with Gasteiger partial charge in [0.1, 0.15) is 0 Å². The van der Waals surface area contributed by atoms with Crippen molar-refractivity contribution >= 4 is 11.8 Å². The molecule has 4 nitrogen and oxygen atoms in total. The second-order valence-corrected chi connectivity index (χ2v) is 6.22. The molecule has 0 aromatic heterocycles. The second-order valence-electron chi connectivity index (χ2n) is 6.22. The summed E-state index contributed by atoms with van der Waals surface area (Å²) in [5.41, 5.74) is -0.848. The van der Waals surface area contributed by atoms with Gasteiger partial charge in [0.25, 0.3) is 11.8 Å². The van der Waals surface area contributed by atoms with Crippen LogP contribution in [-0.2, 0) is 14.3 Å². The van der Waals surface area contributed by atoms with E-state index in [2.05, 4.69) is 5.92 Å². The van der Waals surface area contributed by atoms with Gasteiger partial charge in [0, 0.05) is 30.7 Å². The Morgan fingerprint density at radius 3 is 2.20 bits per heavy atom. The van der Waals surface area contributed by atoms with E-state index in [1.807, 2.05) is 27.7 Å². The van der Waals surface area contributed by atoms with Gasteiger partial charge in [-0.15, -0.1) is 12.3 Å². The van der Waals surface area contributed by atoms with Gasteiger partial charge in [-0.25, -0.2) is 0 Å². The van der Waals surface area contributed by atoms with Gasteiger partial charge in [0.15, 0.2) is 0 Å². The largest absolute Gasteiger partial charge is 0.375 e. The molecule has 1 aliphatic rings. The summed E-state index contributed by atoms with van der Waals surface area (Å²) in [7, 11) is 0. The van der Waals surface area contributed by atoms with Gasteiger partial charge in [-0.1, -0.05) is 0 Å². The first-order valence-electron chi connectivity index (χ1n) is 6.83. The Morgan fingerprint density at radius 1 is 1.15 bits per heavy atom. The molecule has 0 spiro atoms. The number of carbonyl (C=O) groups is 2. The number of rotatable bonds is 7. The zero-order chi connectivity index (χ0) is 15.4. The van der Waals surface area contributed by atoms with Crippen LogP contribution in [0.4, 0.5) is 0 Å². The Bertz CT molecular complexity index is 437. The monoisotopic (exact) mass is 277 g/mol. The minimum atomic E-state index is -0.556. The van der Waals surface area contributed by atoms with Crippen molar-refractivity contribution in [1.29, 1.82) is 0 Å². The smallest absolute Gasteiger partial charge is 0.254 e. The SMILES string of the molecule is C#CCCC(C)(C)OCCC(C)(C)N1C(=O)C=CC1=O. The first kappa shape index (κ1) is 16.5. The Labute approximate surface area is 121 Å². The highest BCUT2D eigenvalue weighted by Gasteiger charge is 2.37. The summed E-state index contributed by atoms with van der Waals surface area (Å²) in [5, 5.41) is 0. The van der Waals surface area contributed by atoms with Gasteiger partial charge >= 0.3 is 0 Å². The van der Waals surface area contributed by atoms with E-state index < -0.39 is 5.54 Å². The normalized spacial score (nSPS) is 15.8. The lowest BCUT2D eigenvalue weighted by Crippen LogP contribution is -2.48. The van der Waals surface area contributed by atoms with Gasteiger partial charge < -0.3 is 4.74 Å². The van der Waals surface area contributed by atoms with E-state index in [1.165, 1.54) is 17.1 Å². The maximum absolute atomic E-state index is 11.7. The molecule has 0 bridgehead atoms. The van der Waals surface area contributed by atoms with Crippen LogP contribution in [0.1, 0.15) is 47.0 Å². The molecule has 0 aromatic rings. The van der Waals surface area contributed by atoms with Crippen LogP contribution in [0.3, 0.4) is 0 Å². The van der Waals surface area contributed by atoms with Crippen LogP contribution in [-0.4, -0.2) is 34.5 Å². The van der Waals surface area contributed by atoms with Crippen LogP contribution >= 0.6 is 0 Å². The molecule has 0 aromatic carbocycles. The number of amides is 2. The van der Waals surface area contributed by atoms with Crippen LogP contribution < -0.4 is 0 Å². The molecule has 0 radical (unpaired) electrons. The number of ether oxygens (including phenoxy) is 1. The van der Waals surface area contributed by atoms with Gasteiger partial charge in [-0.05, 0) is 40.5 Å². The van der Waals surface area contributed by atoms with E-state index in [4.69, 9.17) is 11.2 Å². The average molecular weight is 277 g/mol. The fourth-order valence-corrected chi connectivity index (χ4v) is 2.13. The number of hydrogen-bond donors (Lipinski definition) is 0. The lowest BCUT2D eigenvalue weighted by molar-refractivity contribution is -0.144. The standard InChI is InChI=1S/C16H23NO3/c1-6-7-10-16(4,5)20-12-11-15(2,3)17-13(18)8-9-14(17)19/h1,8-9H,7,10-12H2,2-5H3. The maximum Gasteiger partial charge on any atom is 0.254 e. The Hall–Kier alpha value is -1.60. The summed E-state index contributed by atoms with van der Waals surface area (Å²) >= 11 is 0. The van der Waals surface area contributed by atoms with Crippen LogP contribution in [0.25, 0.3) is 0 Å². The molecule has 0 atom stereocenters. The highest BCUT2D eigenvalue weighted by molar-refractivity contribution is 6.13. The van der Waals surface area contributed by atoms with E-state index >= 15 is 0 Å². The zero-order valence-electron chi connectivity index (χ0n) is 12.7. The van der Waals surface area contributed by atoms with Crippen LogP contribution in [0.15, 0.2) is 12.2 Å². The minimum Gasteiger partial charge on any atom is -0.375 e. The third kappa shape index (κ3) is 4.21. The van der Waals surface area contributed by atoms with Gasteiger partial charge in [0.2, 0.25) is 0 Å². The van der Waals surface area contributed by atoms with Crippen LogP contribution in [0, 0.1) is 12.3 Å². The van der Waals surface area contributed by atoms with Crippen LogP contribution in [0.5, 0.6) is 0 Å². The number of terminal acetylenes is 1. The lowest BCUT2D eigenvalue weighted by Gasteiger charge is -2.35. The maximum atomic E-state index is 11.7. The van der Waals surface area contributed by atoms with Crippen molar-refractivity contribution in [2.24, 2.45) is 0 Å². The molecule has 20 heavy (non-hydrogen) atoms. The highest BCUT2D eigenvalue weighted by Crippen LogP contribution is 2.25. The third-order valence-corrected chi connectivity index (χ3v) is 3.49. The first-order valence-corrected chi connectivity index (χ1v) is 6.83. The molecular formula is C16H23NO3. The first-order chi connectivity index (χ1) is 9.19. The van der Waals surface area contributed by atoms with Crippen molar-refractivity contribution in [1.82, 2.24) is 4.90 Å². The van der Waals surface area contributed by atoms with Crippen molar-refractivity contribution in [3.8, 4) is 12.3 Å². The Balaban J connectivity index is 2.50. The van der Waals surface area contributed by atoms with E-state index in [0.29, 0.717) is 19.4 Å². The Kier molecular flexibility index (Phi) is 5.13. The number of carbonyl (C=O) groups excluding carboxylic acids is 2. The molecule has 4 heteroatoms. The summed E-state index contributed by atoms with van der Waals surface area (Å²) < 4.78 is 5.83. The van der Waals surface area contributed by atoms with Gasteiger partial charge in [-0.3, -0.25) is 14.5 Å². The summed E-state index contributed by atoms with van der Waals surface area (Å²) in [6.45, 7) is 8.19. The van der Waals surface area contributed by atoms with E-state index in [-0.39, 0.29) is 17.4 Å². The highest BCUT2D eigenvalue weighted by atomic mass is 16.5. The third-order valence-electron chi connectivity index (χ3n) is 3.49. The molecule has 0 saturated carbocycles. The summed E-state index contributed by atoms with van der Waals surface area (Å²) in [4.78, 5) is 24.7. The molecule has 0 N–H and O–H groups in total. The van der Waals surface area contributed by atoms with Crippen molar-refractivity contribution < 1.29 is 14.3 Å². The van der Waals surface area contributed by atoms with Crippen molar-refractivity contribution in [3.05, 3.63) is 12.2 Å². The molecule has 1 rings (SSSR count). The molecule has 0 saturated heterocycles. The summed E-state index contributed by atoms with van der Waals surface area (Å²) in [5.74, 6) is 2.09. The fourth-order valence-electron chi connectivity index (χ4n) is 2.13. The quantitative estimate of drug-likeness (QED) is 0.530. The molecule has 110 valence electrons. The fraction of sp³-hybridized carbons (Fsp3) is 0.625.